The Morgan fingerprint density at radius 2 is 1.00 bits per heavy atom. The zero-order valence-electron chi connectivity index (χ0n) is 25.5. The fourth-order valence-corrected chi connectivity index (χ4v) is 4.43. The summed E-state index contributed by atoms with van der Waals surface area (Å²) in [4.78, 5) is 36.5. The van der Waals surface area contributed by atoms with E-state index in [1.54, 1.807) is 0 Å². The van der Waals surface area contributed by atoms with E-state index in [0.717, 1.165) is 32.1 Å². The lowest BCUT2D eigenvalue weighted by Gasteiger charge is -2.14. The van der Waals surface area contributed by atoms with Gasteiger partial charge in [0.1, 0.15) is 22.1 Å². The van der Waals surface area contributed by atoms with E-state index in [0.29, 0.717) is 18.2 Å². The Morgan fingerprint density at radius 1 is 0.610 bits per heavy atom. The number of thiocarbonyl (C=S) groups is 1. The first-order valence-corrected chi connectivity index (χ1v) is 17.1. The number of hydrogen-bond acceptors (Lipinski definition) is 9. The van der Waals surface area contributed by atoms with Gasteiger partial charge in [-0.1, -0.05) is 116 Å². The van der Waals surface area contributed by atoms with Gasteiger partial charge in [-0.05, 0) is 12.8 Å². The number of unbranched alkanes of at least 4 members (excludes halogenated alkanes) is 14. The van der Waals surface area contributed by atoms with Crippen LogP contribution in [0.25, 0.3) is 0 Å². The van der Waals surface area contributed by atoms with Crippen LogP contribution in [0.3, 0.4) is 0 Å². The van der Waals surface area contributed by atoms with Crippen LogP contribution < -0.4 is 10.6 Å². The SMILES string of the molecule is CCCCCCCCCCOC(=O)C(S)CNC(=O)COCC(=S)NCC(S)C(=O)OCCCCCCCCCC. The van der Waals surface area contributed by atoms with Crippen molar-refractivity contribution in [2.75, 3.05) is 39.5 Å². The molecule has 0 aliphatic heterocycles. The van der Waals surface area contributed by atoms with Crippen molar-refractivity contribution < 1.29 is 28.6 Å². The molecule has 2 N–H and O–H groups in total. The minimum Gasteiger partial charge on any atom is -0.465 e. The number of nitrogens with one attached hydrogen (secondary N) is 2. The Balaban J connectivity index is 3.75. The molecule has 2 atom stereocenters. The van der Waals surface area contributed by atoms with Crippen molar-refractivity contribution in [2.45, 2.75) is 127 Å². The summed E-state index contributed by atoms with van der Waals surface area (Å²) in [5, 5.41) is 4.12. The van der Waals surface area contributed by atoms with E-state index in [2.05, 4.69) is 49.7 Å². The second-order valence-corrected chi connectivity index (χ2v) is 12.2. The number of esters is 2. The van der Waals surface area contributed by atoms with Crippen LogP contribution >= 0.6 is 37.5 Å². The maximum Gasteiger partial charge on any atom is 0.320 e. The molecule has 0 aromatic carbocycles. The van der Waals surface area contributed by atoms with Crippen molar-refractivity contribution in [1.82, 2.24) is 10.6 Å². The summed E-state index contributed by atoms with van der Waals surface area (Å²) in [6.45, 7) is 5.24. The van der Waals surface area contributed by atoms with E-state index < -0.39 is 16.5 Å². The van der Waals surface area contributed by atoms with E-state index in [1.165, 1.54) is 70.6 Å². The van der Waals surface area contributed by atoms with Crippen molar-refractivity contribution in [3.8, 4) is 0 Å². The lowest BCUT2D eigenvalue weighted by atomic mass is 10.1. The van der Waals surface area contributed by atoms with Crippen molar-refractivity contribution in [2.24, 2.45) is 0 Å². The van der Waals surface area contributed by atoms with Gasteiger partial charge in [0.15, 0.2) is 0 Å². The van der Waals surface area contributed by atoms with Crippen LogP contribution in [0.15, 0.2) is 0 Å². The first kappa shape index (κ1) is 40.0. The van der Waals surface area contributed by atoms with Crippen molar-refractivity contribution in [1.29, 1.82) is 0 Å². The predicted molar refractivity (Wildman–Crippen MR) is 177 cm³/mol. The summed E-state index contributed by atoms with van der Waals surface area (Å²) >= 11 is 13.7. The summed E-state index contributed by atoms with van der Waals surface area (Å²) < 4.78 is 15.8. The van der Waals surface area contributed by atoms with Crippen molar-refractivity contribution >= 4 is 60.3 Å². The first-order chi connectivity index (χ1) is 19.8. The summed E-state index contributed by atoms with van der Waals surface area (Å²) in [6, 6.07) is 0. The topological polar surface area (TPSA) is 103 Å². The molecular formula is C30H56N2O6S3. The second kappa shape index (κ2) is 29.1. The number of thiol groups is 2. The molecule has 240 valence electrons. The third-order valence-corrected chi connectivity index (χ3v) is 7.53. The highest BCUT2D eigenvalue weighted by Gasteiger charge is 2.17. The molecule has 0 aromatic heterocycles. The summed E-state index contributed by atoms with van der Waals surface area (Å²) in [6.07, 6.45) is 18.8. The average Bonchev–Trinajstić information content (AvgIpc) is 2.96. The number of carbonyl (C=O) groups is 3. The zero-order valence-corrected chi connectivity index (χ0v) is 28.1. The smallest absolute Gasteiger partial charge is 0.320 e. The molecule has 0 spiro atoms. The van der Waals surface area contributed by atoms with E-state index in [-0.39, 0.29) is 38.2 Å². The molecule has 0 aliphatic carbocycles. The maximum atomic E-state index is 12.1. The minimum atomic E-state index is -0.738. The van der Waals surface area contributed by atoms with Gasteiger partial charge in [0.05, 0.1) is 19.8 Å². The van der Waals surface area contributed by atoms with Gasteiger partial charge < -0.3 is 24.8 Å². The largest absolute Gasteiger partial charge is 0.465 e. The maximum absolute atomic E-state index is 12.1. The molecule has 0 aliphatic rings. The molecule has 0 radical (unpaired) electrons. The number of ether oxygens (including phenoxy) is 3. The Kier molecular flexibility index (Phi) is 28.3. The van der Waals surface area contributed by atoms with E-state index in [9.17, 15) is 14.4 Å². The van der Waals surface area contributed by atoms with Crippen molar-refractivity contribution in [3.63, 3.8) is 0 Å². The Hall–Kier alpha value is -1.04. The van der Waals surface area contributed by atoms with E-state index in [4.69, 9.17) is 26.4 Å². The molecule has 2 unspecified atom stereocenters. The Labute approximate surface area is 265 Å². The molecule has 11 heteroatoms. The van der Waals surface area contributed by atoms with Crippen LogP contribution in [0, 0.1) is 0 Å². The molecule has 0 fully saturated rings. The monoisotopic (exact) mass is 636 g/mol. The number of rotatable bonds is 28. The highest BCUT2D eigenvalue weighted by atomic mass is 32.1. The lowest BCUT2D eigenvalue weighted by molar-refractivity contribution is -0.144. The molecule has 0 saturated carbocycles. The first-order valence-electron chi connectivity index (χ1n) is 15.6. The third kappa shape index (κ3) is 26.3. The third-order valence-electron chi connectivity index (χ3n) is 6.48. The van der Waals surface area contributed by atoms with Crippen molar-refractivity contribution in [3.05, 3.63) is 0 Å². The molecule has 0 saturated heterocycles. The van der Waals surface area contributed by atoms with Crippen LogP contribution in [-0.4, -0.2) is 72.9 Å². The van der Waals surface area contributed by atoms with Crippen LogP contribution in [-0.2, 0) is 28.6 Å². The molecule has 0 bridgehead atoms. The van der Waals surface area contributed by atoms with Crippen LogP contribution in [0.5, 0.6) is 0 Å². The molecule has 0 heterocycles. The van der Waals surface area contributed by atoms with Crippen LogP contribution in [0.1, 0.15) is 117 Å². The highest BCUT2D eigenvalue weighted by molar-refractivity contribution is 7.82. The number of carbonyl (C=O) groups excluding carboxylic acids is 3. The molecule has 8 nitrogen and oxygen atoms in total. The molecule has 0 rings (SSSR count). The minimum absolute atomic E-state index is 0.0154. The number of hydrogen-bond donors (Lipinski definition) is 4. The fourth-order valence-electron chi connectivity index (χ4n) is 3.94. The number of amides is 1. The van der Waals surface area contributed by atoms with Crippen LogP contribution in [0.4, 0.5) is 0 Å². The van der Waals surface area contributed by atoms with Crippen LogP contribution in [0.2, 0.25) is 0 Å². The van der Waals surface area contributed by atoms with Gasteiger partial charge in [0, 0.05) is 13.1 Å². The van der Waals surface area contributed by atoms with Gasteiger partial charge in [-0.15, -0.1) is 0 Å². The lowest BCUT2D eigenvalue weighted by Crippen LogP contribution is -2.38. The van der Waals surface area contributed by atoms with Gasteiger partial charge in [-0.3, -0.25) is 14.4 Å². The zero-order chi connectivity index (χ0) is 30.6. The Bertz CT molecular complexity index is 643. The summed E-state index contributed by atoms with van der Waals surface area (Å²) in [7, 11) is 0. The second-order valence-electron chi connectivity index (χ2n) is 10.4. The average molecular weight is 637 g/mol. The van der Waals surface area contributed by atoms with E-state index >= 15 is 0 Å². The standard InChI is InChI=1S/C30H56N2O6S3/c1-3-5-7-9-11-13-15-17-19-37-29(34)25(39)21-31-27(33)23-36-24-28(41)32-22-26(40)30(35)38-20-18-16-14-12-10-8-6-4-2/h25-26,39-40H,3-24H2,1-2H3,(H,31,33)(H,32,41). The Morgan fingerprint density at radius 3 is 1.44 bits per heavy atom. The van der Waals surface area contributed by atoms with Gasteiger partial charge in [0.2, 0.25) is 5.91 Å². The predicted octanol–water partition coefficient (Wildman–Crippen LogP) is 6.00. The molecular weight excluding hydrogens is 581 g/mol. The van der Waals surface area contributed by atoms with E-state index in [1.807, 2.05) is 0 Å². The quantitative estimate of drug-likeness (QED) is 0.0359. The molecule has 1 amide bonds. The highest BCUT2D eigenvalue weighted by Crippen LogP contribution is 2.10. The normalized spacial score (nSPS) is 12.4. The van der Waals surface area contributed by atoms with Gasteiger partial charge in [-0.2, -0.15) is 25.3 Å². The van der Waals surface area contributed by atoms with Gasteiger partial charge >= 0.3 is 11.9 Å². The summed E-state index contributed by atoms with van der Waals surface area (Å²) in [5.74, 6) is -1.22. The fraction of sp³-hybridized carbons (Fsp3) is 0.867. The molecule has 0 aromatic rings. The molecule has 41 heavy (non-hydrogen) atoms. The summed E-state index contributed by atoms with van der Waals surface area (Å²) in [5.41, 5.74) is 0. The van der Waals surface area contributed by atoms with Gasteiger partial charge in [-0.25, -0.2) is 0 Å². The van der Waals surface area contributed by atoms with Gasteiger partial charge in [0.25, 0.3) is 0 Å².